The Morgan fingerprint density at radius 3 is 2.94 bits per heavy atom. The van der Waals surface area contributed by atoms with Crippen LogP contribution in [0.2, 0.25) is 5.02 Å². The number of ether oxygens (including phenoxy) is 1. The zero-order valence-corrected chi connectivity index (χ0v) is 21.2. The molecule has 0 bridgehead atoms. The molecule has 1 saturated heterocycles. The fourth-order valence-corrected chi connectivity index (χ4v) is 5.73. The van der Waals surface area contributed by atoms with Gasteiger partial charge in [-0.05, 0) is 80.0 Å². The minimum atomic E-state index is -0.766. The number of thiophene rings is 1. The van der Waals surface area contributed by atoms with Crippen molar-refractivity contribution >= 4 is 39.8 Å². The van der Waals surface area contributed by atoms with E-state index in [2.05, 4.69) is 21.7 Å². The number of fused-ring (bicyclic) bond motifs is 1. The second kappa shape index (κ2) is 11.9. The highest BCUT2D eigenvalue weighted by molar-refractivity contribution is 7.10. The van der Waals surface area contributed by atoms with Gasteiger partial charge in [-0.25, -0.2) is 0 Å². The summed E-state index contributed by atoms with van der Waals surface area (Å²) in [4.78, 5) is 18.9. The van der Waals surface area contributed by atoms with E-state index in [9.17, 15) is 14.3 Å². The molecule has 184 valence electrons. The fraction of sp³-hybridized carbons (Fsp3) is 0.407. The highest BCUT2D eigenvalue weighted by atomic mass is 35.5. The van der Waals surface area contributed by atoms with Crippen molar-refractivity contribution in [3.63, 3.8) is 0 Å². The molecule has 0 aliphatic carbocycles. The van der Waals surface area contributed by atoms with Crippen molar-refractivity contribution in [2.75, 3.05) is 26.7 Å². The predicted octanol–water partition coefficient (Wildman–Crippen LogP) is 5.88. The van der Waals surface area contributed by atoms with Crippen molar-refractivity contribution in [1.82, 2.24) is 9.88 Å². The van der Waals surface area contributed by atoms with Gasteiger partial charge in [-0.2, -0.15) is 4.39 Å². The summed E-state index contributed by atoms with van der Waals surface area (Å²) in [6.45, 7) is 2.15. The Morgan fingerprint density at radius 1 is 1.34 bits per heavy atom. The third-order valence-electron chi connectivity index (χ3n) is 6.64. The van der Waals surface area contributed by atoms with E-state index < -0.39 is 5.97 Å². The number of hydrogen-bond acceptors (Lipinski definition) is 5. The average Bonchev–Trinajstić information content (AvgIpc) is 3.25. The van der Waals surface area contributed by atoms with Gasteiger partial charge in [0.25, 0.3) is 0 Å². The molecule has 0 spiro atoms. The van der Waals surface area contributed by atoms with Gasteiger partial charge in [0, 0.05) is 24.5 Å². The SMILES string of the molecule is COc1ccc2ncc(Cl)c(CCCC3CCN(CC#Cc4ccc(F)s4)CC3CC(=O)O)c2c1. The molecule has 1 aliphatic heterocycles. The first-order valence-electron chi connectivity index (χ1n) is 11.7. The van der Waals surface area contributed by atoms with Crippen LogP contribution in [-0.4, -0.2) is 47.7 Å². The van der Waals surface area contributed by atoms with Crippen LogP contribution in [0.15, 0.2) is 36.5 Å². The van der Waals surface area contributed by atoms with E-state index >= 15 is 0 Å². The molecule has 8 heteroatoms. The van der Waals surface area contributed by atoms with Gasteiger partial charge in [0.1, 0.15) is 5.75 Å². The van der Waals surface area contributed by atoms with Crippen molar-refractivity contribution in [3.05, 3.63) is 57.1 Å². The number of likely N-dealkylation sites (tertiary alicyclic amines) is 1. The van der Waals surface area contributed by atoms with E-state index in [-0.39, 0.29) is 17.5 Å². The Kier molecular flexibility index (Phi) is 8.61. The van der Waals surface area contributed by atoms with Gasteiger partial charge in [-0.15, -0.1) is 0 Å². The molecule has 2 aromatic heterocycles. The third kappa shape index (κ3) is 6.72. The maximum Gasteiger partial charge on any atom is 0.303 e. The number of methoxy groups -OCH3 is 1. The zero-order valence-electron chi connectivity index (χ0n) is 19.6. The topological polar surface area (TPSA) is 62.7 Å². The smallest absolute Gasteiger partial charge is 0.303 e. The zero-order chi connectivity index (χ0) is 24.8. The first-order chi connectivity index (χ1) is 16.9. The molecule has 35 heavy (non-hydrogen) atoms. The van der Waals surface area contributed by atoms with Gasteiger partial charge in [0.15, 0.2) is 5.13 Å². The maximum atomic E-state index is 13.1. The minimum absolute atomic E-state index is 0.0759. The minimum Gasteiger partial charge on any atom is -0.497 e. The van der Waals surface area contributed by atoms with Crippen molar-refractivity contribution in [2.24, 2.45) is 11.8 Å². The number of pyridine rings is 1. The molecular formula is C27H28ClFN2O3S. The lowest BCUT2D eigenvalue weighted by Gasteiger charge is -2.37. The molecule has 2 unspecified atom stereocenters. The molecule has 3 heterocycles. The number of nitrogens with zero attached hydrogens (tertiary/aromatic N) is 2. The quantitative estimate of drug-likeness (QED) is 0.380. The van der Waals surface area contributed by atoms with Crippen LogP contribution in [-0.2, 0) is 11.2 Å². The largest absolute Gasteiger partial charge is 0.497 e. The second-order valence-corrected chi connectivity index (χ2v) is 10.3. The van der Waals surface area contributed by atoms with Crippen molar-refractivity contribution in [1.29, 1.82) is 0 Å². The molecule has 4 rings (SSSR count). The third-order valence-corrected chi connectivity index (χ3v) is 7.75. The second-order valence-electron chi connectivity index (χ2n) is 8.91. The average molecular weight is 515 g/mol. The summed E-state index contributed by atoms with van der Waals surface area (Å²) in [6, 6.07) is 8.90. The molecule has 1 fully saturated rings. The number of carboxylic acid groups (broad SMARTS) is 1. The number of benzene rings is 1. The Bertz CT molecular complexity index is 1250. The maximum absolute atomic E-state index is 13.1. The van der Waals surface area contributed by atoms with Crippen LogP contribution < -0.4 is 4.74 Å². The van der Waals surface area contributed by atoms with Crippen LogP contribution in [0.4, 0.5) is 4.39 Å². The number of aryl methyl sites for hydroxylation is 1. The number of carboxylic acids is 1. The number of carbonyl (C=O) groups is 1. The lowest BCUT2D eigenvalue weighted by molar-refractivity contribution is -0.139. The molecule has 0 saturated carbocycles. The van der Waals surface area contributed by atoms with Gasteiger partial charge in [-0.1, -0.05) is 34.8 Å². The molecule has 2 atom stereocenters. The normalized spacial score (nSPS) is 18.3. The van der Waals surface area contributed by atoms with Gasteiger partial charge < -0.3 is 9.84 Å². The number of piperidine rings is 1. The standard InChI is InChI=1S/C27H28ClFN2O3S/c1-34-20-7-9-25-23(15-20)22(24(28)16-30-25)6-2-4-18-11-13-31(17-19(18)14-27(32)33)12-3-5-21-8-10-26(29)35-21/h7-10,15-16,18-19H,2,4,6,11-14,17H2,1H3,(H,32,33). The predicted molar refractivity (Wildman–Crippen MR) is 138 cm³/mol. The van der Waals surface area contributed by atoms with E-state index in [4.69, 9.17) is 16.3 Å². The highest BCUT2D eigenvalue weighted by Gasteiger charge is 2.30. The summed E-state index contributed by atoms with van der Waals surface area (Å²) in [5.41, 5.74) is 1.94. The molecule has 3 aromatic rings. The lowest BCUT2D eigenvalue weighted by Crippen LogP contribution is -2.41. The van der Waals surface area contributed by atoms with E-state index in [1.54, 1.807) is 19.4 Å². The van der Waals surface area contributed by atoms with Crippen LogP contribution in [0, 0.1) is 28.8 Å². The molecule has 0 amide bonds. The van der Waals surface area contributed by atoms with Crippen LogP contribution in [0.25, 0.3) is 10.9 Å². The Balaban J connectivity index is 1.38. The number of hydrogen-bond donors (Lipinski definition) is 1. The van der Waals surface area contributed by atoms with E-state index in [1.807, 2.05) is 18.2 Å². The summed E-state index contributed by atoms with van der Waals surface area (Å²) in [5.74, 6) is 6.53. The van der Waals surface area contributed by atoms with Crippen LogP contribution in [0.3, 0.4) is 0 Å². The lowest BCUT2D eigenvalue weighted by atomic mass is 9.80. The Morgan fingerprint density at radius 2 is 2.20 bits per heavy atom. The van der Waals surface area contributed by atoms with E-state index in [1.165, 1.54) is 6.07 Å². The number of aliphatic carboxylic acids is 1. The van der Waals surface area contributed by atoms with Gasteiger partial charge in [-0.3, -0.25) is 14.7 Å². The number of halogens is 2. The summed E-state index contributed by atoms with van der Waals surface area (Å²) in [5, 5.41) is 10.9. The highest BCUT2D eigenvalue weighted by Crippen LogP contribution is 2.33. The molecule has 1 N–H and O–H groups in total. The van der Waals surface area contributed by atoms with Crippen LogP contribution in [0.1, 0.15) is 36.1 Å². The summed E-state index contributed by atoms with van der Waals surface area (Å²) in [6.07, 6.45) is 5.44. The molecule has 1 aliphatic rings. The fourth-order valence-electron chi connectivity index (χ4n) is 4.88. The first kappa shape index (κ1) is 25.4. The molecule has 1 aromatic carbocycles. The summed E-state index contributed by atoms with van der Waals surface area (Å²) < 4.78 is 18.5. The van der Waals surface area contributed by atoms with E-state index in [0.717, 1.165) is 65.8 Å². The first-order valence-corrected chi connectivity index (χ1v) is 12.9. The molecule has 5 nitrogen and oxygen atoms in total. The van der Waals surface area contributed by atoms with Crippen LogP contribution in [0.5, 0.6) is 5.75 Å². The Hall–Kier alpha value is -2.66. The summed E-state index contributed by atoms with van der Waals surface area (Å²) >= 11 is 7.55. The van der Waals surface area contributed by atoms with Gasteiger partial charge in [0.2, 0.25) is 0 Å². The monoisotopic (exact) mass is 514 g/mol. The molecule has 0 radical (unpaired) electrons. The van der Waals surface area contributed by atoms with Gasteiger partial charge in [0.05, 0.1) is 29.1 Å². The molecular weight excluding hydrogens is 487 g/mol. The van der Waals surface area contributed by atoms with Crippen molar-refractivity contribution < 1.29 is 19.0 Å². The number of aromatic nitrogens is 1. The van der Waals surface area contributed by atoms with Crippen LogP contribution >= 0.6 is 22.9 Å². The Labute approximate surface area is 213 Å². The summed E-state index contributed by atoms with van der Waals surface area (Å²) in [7, 11) is 1.64. The van der Waals surface area contributed by atoms with Gasteiger partial charge >= 0.3 is 5.97 Å². The van der Waals surface area contributed by atoms with Crippen molar-refractivity contribution in [2.45, 2.75) is 32.1 Å². The van der Waals surface area contributed by atoms with Crippen molar-refractivity contribution in [3.8, 4) is 17.6 Å². The number of rotatable bonds is 8. The van der Waals surface area contributed by atoms with E-state index in [0.29, 0.717) is 28.9 Å².